The Hall–Kier alpha value is -4.19. The first kappa shape index (κ1) is 23.0. The summed E-state index contributed by atoms with van der Waals surface area (Å²) in [5.74, 6) is -1.18. The molecule has 0 saturated heterocycles. The number of methoxy groups -OCH3 is 1. The van der Waals surface area contributed by atoms with Crippen LogP contribution < -0.4 is 20.5 Å². The standard InChI is InChI=1S/C22H19F3N6O3/c1-12-4-3-5-14(8-12)28-21-27-11-16(13-9-15(20(32)33)19(34-2)26-10-13)18(29-21)31-7-6-17(30-31)22(23,24)25/h3-11,17,30H,1-2H3,(H,32,33)(H,27,28,29). The van der Waals surface area contributed by atoms with Crippen LogP contribution in [0.5, 0.6) is 5.88 Å². The number of carboxylic acids is 1. The second-order valence-corrected chi connectivity index (χ2v) is 7.37. The van der Waals surface area contributed by atoms with E-state index in [1.807, 2.05) is 25.1 Å². The van der Waals surface area contributed by atoms with Crippen LogP contribution in [0, 0.1) is 6.92 Å². The van der Waals surface area contributed by atoms with Gasteiger partial charge in [0.05, 0.1) is 7.11 Å². The molecule has 0 radical (unpaired) electrons. The summed E-state index contributed by atoms with van der Waals surface area (Å²) in [4.78, 5) is 24.3. The van der Waals surface area contributed by atoms with E-state index in [0.29, 0.717) is 5.69 Å². The van der Waals surface area contributed by atoms with Gasteiger partial charge in [0.1, 0.15) is 11.6 Å². The third kappa shape index (κ3) is 4.76. The van der Waals surface area contributed by atoms with Crippen LogP contribution in [0.15, 0.2) is 55.0 Å². The number of carboxylic acid groups (broad SMARTS) is 1. The van der Waals surface area contributed by atoms with Crippen molar-refractivity contribution in [3.05, 3.63) is 66.1 Å². The number of hydrogen-bond acceptors (Lipinski definition) is 8. The molecule has 0 amide bonds. The second kappa shape index (κ2) is 8.98. The number of aryl methyl sites for hydroxylation is 1. The molecule has 1 atom stereocenters. The van der Waals surface area contributed by atoms with E-state index in [1.54, 1.807) is 6.07 Å². The highest BCUT2D eigenvalue weighted by atomic mass is 19.4. The van der Waals surface area contributed by atoms with E-state index in [0.717, 1.165) is 16.6 Å². The number of nitrogens with zero attached hydrogens (tertiary/aromatic N) is 4. The zero-order valence-corrected chi connectivity index (χ0v) is 18.0. The maximum Gasteiger partial charge on any atom is 0.409 e. The molecular formula is C22H19F3N6O3. The first-order chi connectivity index (χ1) is 16.2. The summed E-state index contributed by atoms with van der Waals surface area (Å²) in [6.07, 6.45) is 0.359. The summed E-state index contributed by atoms with van der Waals surface area (Å²) in [6, 6.07) is 6.79. The molecule has 0 aliphatic carbocycles. The number of aromatic carboxylic acids is 1. The number of benzene rings is 1. The van der Waals surface area contributed by atoms with E-state index in [2.05, 4.69) is 25.7 Å². The van der Waals surface area contributed by atoms with Crippen molar-refractivity contribution in [1.82, 2.24) is 20.4 Å². The quantitative estimate of drug-likeness (QED) is 0.489. The molecule has 9 nitrogen and oxygen atoms in total. The van der Waals surface area contributed by atoms with Crippen molar-refractivity contribution in [2.45, 2.75) is 19.1 Å². The summed E-state index contributed by atoms with van der Waals surface area (Å²) < 4.78 is 44.7. The van der Waals surface area contributed by atoms with Crippen molar-refractivity contribution in [3.8, 4) is 17.0 Å². The average molecular weight is 472 g/mol. The molecule has 1 aliphatic rings. The number of hydrogen-bond donors (Lipinski definition) is 3. The van der Waals surface area contributed by atoms with Crippen LogP contribution in [-0.4, -0.2) is 45.4 Å². The number of alkyl halides is 3. The molecule has 0 fully saturated rings. The molecule has 0 bridgehead atoms. The third-order valence-corrected chi connectivity index (χ3v) is 4.92. The molecule has 0 spiro atoms. The van der Waals surface area contributed by atoms with Crippen molar-refractivity contribution >= 4 is 23.4 Å². The molecule has 3 aromatic rings. The number of aromatic nitrogens is 3. The Labute approximate surface area is 191 Å². The number of anilines is 3. The van der Waals surface area contributed by atoms with E-state index < -0.39 is 18.2 Å². The predicted octanol–water partition coefficient (Wildman–Crippen LogP) is 4.07. The van der Waals surface area contributed by atoms with Crippen molar-refractivity contribution in [1.29, 1.82) is 0 Å². The molecular weight excluding hydrogens is 453 g/mol. The third-order valence-electron chi connectivity index (χ3n) is 4.92. The highest BCUT2D eigenvalue weighted by molar-refractivity contribution is 5.92. The predicted molar refractivity (Wildman–Crippen MR) is 118 cm³/mol. The van der Waals surface area contributed by atoms with Crippen molar-refractivity contribution in [3.63, 3.8) is 0 Å². The summed E-state index contributed by atoms with van der Waals surface area (Å²) in [6.45, 7) is 1.91. The minimum atomic E-state index is -4.51. The van der Waals surface area contributed by atoms with Gasteiger partial charge in [-0.05, 0) is 36.8 Å². The number of nitrogens with one attached hydrogen (secondary N) is 2. The fourth-order valence-electron chi connectivity index (χ4n) is 3.31. The van der Waals surface area contributed by atoms with Gasteiger partial charge < -0.3 is 15.2 Å². The Morgan fingerprint density at radius 3 is 2.68 bits per heavy atom. The average Bonchev–Trinajstić information content (AvgIpc) is 3.29. The zero-order chi connectivity index (χ0) is 24.5. The Bertz CT molecular complexity index is 1260. The molecule has 3 heterocycles. The number of hydrazine groups is 1. The number of halogens is 3. The lowest BCUT2D eigenvalue weighted by atomic mass is 10.1. The Balaban J connectivity index is 1.78. The summed E-state index contributed by atoms with van der Waals surface area (Å²) >= 11 is 0. The van der Waals surface area contributed by atoms with Gasteiger partial charge in [-0.15, -0.1) is 0 Å². The maximum absolute atomic E-state index is 13.2. The lowest BCUT2D eigenvalue weighted by Gasteiger charge is -2.23. The second-order valence-electron chi connectivity index (χ2n) is 7.37. The van der Waals surface area contributed by atoms with E-state index in [-0.39, 0.29) is 34.3 Å². The van der Waals surface area contributed by atoms with Crippen LogP contribution in [0.2, 0.25) is 0 Å². The number of rotatable bonds is 6. The largest absolute Gasteiger partial charge is 0.480 e. The van der Waals surface area contributed by atoms with E-state index in [1.165, 1.54) is 31.8 Å². The molecule has 1 aromatic carbocycles. The van der Waals surface area contributed by atoms with Crippen molar-refractivity contribution in [2.24, 2.45) is 0 Å². The summed E-state index contributed by atoms with van der Waals surface area (Å²) in [5.41, 5.74) is 4.34. The minimum absolute atomic E-state index is 0.0662. The lowest BCUT2D eigenvalue weighted by Crippen LogP contribution is -2.44. The number of ether oxygens (including phenoxy) is 1. The van der Waals surface area contributed by atoms with Gasteiger partial charge in [-0.25, -0.2) is 20.2 Å². The van der Waals surface area contributed by atoms with Gasteiger partial charge in [0, 0.05) is 35.4 Å². The van der Waals surface area contributed by atoms with E-state index in [9.17, 15) is 23.1 Å². The van der Waals surface area contributed by atoms with Gasteiger partial charge in [0.25, 0.3) is 0 Å². The Morgan fingerprint density at radius 1 is 1.24 bits per heavy atom. The van der Waals surface area contributed by atoms with E-state index in [4.69, 9.17) is 4.74 Å². The maximum atomic E-state index is 13.2. The molecule has 0 saturated carbocycles. The first-order valence-electron chi connectivity index (χ1n) is 9.94. The molecule has 1 aliphatic heterocycles. The lowest BCUT2D eigenvalue weighted by molar-refractivity contribution is -0.142. The molecule has 2 aromatic heterocycles. The van der Waals surface area contributed by atoms with Gasteiger partial charge in [0.2, 0.25) is 11.8 Å². The van der Waals surface area contributed by atoms with Gasteiger partial charge in [-0.3, -0.25) is 5.01 Å². The fraction of sp³-hybridized carbons (Fsp3) is 0.182. The molecule has 1 unspecified atom stereocenters. The monoisotopic (exact) mass is 472 g/mol. The van der Waals surface area contributed by atoms with Gasteiger partial charge in [-0.1, -0.05) is 12.1 Å². The highest BCUT2D eigenvalue weighted by Crippen LogP contribution is 2.34. The van der Waals surface area contributed by atoms with Crippen molar-refractivity contribution < 1.29 is 27.8 Å². The van der Waals surface area contributed by atoms with Gasteiger partial charge >= 0.3 is 12.1 Å². The van der Waals surface area contributed by atoms with Crippen LogP contribution in [0.4, 0.5) is 30.6 Å². The summed E-state index contributed by atoms with van der Waals surface area (Å²) in [5, 5.41) is 13.6. The highest BCUT2D eigenvalue weighted by Gasteiger charge is 2.41. The SMILES string of the molecule is COc1ncc(-c2cnc(Nc3cccc(C)c3)nc2N2C=CC(C(F)(F)F)N2)cc1C(=O)O. The fourth-order valence-corrected chi connectivity index (χ4v) is 3.31. The van der Waals surface area contributed by atoms with Crippen LogP contribution >= 0.6 is 0 Å². The number of pyridine rings is 1. The number of carbonyl (C=O) groups is 1. The molecule has 3 N–H and O–H groups in total. The molecule has 12 heteroatoms. The Kier molecular flexibility index (Phi) is 6.07. The van der Waals surface area contributed by atoms with Crippen molar-refractivity contribution in [2.75, 3.05) is 17.4 Å². The smallest absolute Gasteiger partial charge is 0.409 e. The van der Waals surface area contributed by atoms with E-state index >= 15 is 0 Å². The molecule has 34 heavy (non-hydrogen) atoms. The van der Waals surface area contributed by atoms with Crippen LogP contribution in [-0.2, 0) is 0 Å². The van der Waals surface area contributed by atoms with Gasteiger partial charge in [0.15, 0.2) is 5.82 Å². The molecule has 176 valence electrons. The Morgan fingerprint density at radius 2 is 2.03 bits per heavy atom. The molecule has 4 rings (SSSR count). The normalized spacial score (nSPS) is 15.4. The van der Waals surface area contributed by atoms with Crippen LogP contribution in [0.25, 0.3) is 11.1 Å². The van der Waals surface area contributed by atoms with Crippen LogP contribution in [0.3, 0.4) is 0 Å². The summed E-state index contributed by atoms with van der Waals surface area (Å²) in [7, 11) is 1.28. The minimum Gasteiger partial charge on any atom is -0.480 e. The first-order valence-corrected chi connectivity index (χ1v) is 9.94. The topological polar surface area (TPSA) is 113 Å². The van der Waals surface area contributed by atoms with Gasteiger partial charge in [-0.2, -0.15) is 18.2 Å². The van der Waals surface area contributed by atoms with Crippen LogP contribution in [0.1, 0.15) is 15.9 Å². The zero-order valence-electron chi connectivity index (χ0n) is 18.0.